The lowest BCUT2D eigenvalue weighted by Crippen LogP contribution is -2.18. The Morgan fingerprint density at radius 2 is 1.74 bits per heavy atom. The third-order valence-corrected chi connectivity index (χ3v) is 5.80. The van der Waals surface area contributed by atoms with E-state index in [2.05, 4.69) is 31.8 Å². The Morgan fingerprint density at radius 1 is 0.941 bits per heavy atom. The maximum absolute atomic E-state index is 12.0. The maximum Gasteiger partial charge on any atom is 0.240 e. The van der Waals surface area contributed by atoms with Crippen LogP contribution in [0.2, 0.25) is 10.0 Å². The molecule has 3 aromatic rings. The van der Waals surface area contributed by atoms with Gasteiger partial charge in [-0.1, -0.05) is 63.4 Å². The normalized spacial score (nSPS) is 10.8. The largest absolute Gasteiger partial charge is 0.489 e. The van der Waals surface area contributed by atoms with Crippen molar-refractivity contribution in [3.63, 3.8) is 0 Å². The SMILES string of the molecule is O=C(CCCC(=O)Nc1cccc(Br)c1)N/N=C\c1cccc(OCc2ccc(Cl)c(Cl)c2)c1. The monoisotopic (exact) mass is 561 g/mol. The van der Waals surface area contributed by atoms with Gasteiger partial charge in [0.15, 0.2) is 0 Å². The highest BCUT2D eigenvalue weighted by Gasteiger charge is 2.06. The smallest absolute Gasteiger partial charge is 0.240 e. The van der Waals surface area contributed by atoms with Crippen LogP contribution in [0.3, 0.4) is 0 Å². The van der Waals surface area contributed by atoms with Gasteiger partial charge in [-0.25, -0.2) is 5.43 Å². The molecule has 176 valence electrons. The second kappa shape index (κ2) is 13.1. The summed E-state index contributed by atoms with van der Waals surface area (Å²) in [5.41, 5.74) is 4.84. The molecule has 0 radical (unpaired) electrons. The molecule has 0 aliphatic heterocycles. The zero-order chi connectivity index (χ0) is 24.3. The Morgan fingerprint density at radius 3 is 2.53 bits per heavy atom. The van der Waals surface area contributed by atoms with Crippen LogP contribution in [-0.4, -0.2) is 18.0 Å². The van der Waals surface area contributed by atoms with E-state index in [1.165, 1.54) is 6.21 Å². The molecule has 0 atom stereocenters. The topological polar surface area (TPSA) is 79.8 Å². The molecule has 0 fully saturated rings. The van der Waals surface area contributed by atoms with E-state index in [0.29, 0.717) is 34.5 Å². The van der Waals surface area contributed by atoms with E-state index < -0.39 is 0 Å². The van der Waals surface area contributed by atoms with Gasteiger partial charge in [-0.3, -0.25) is 9.59 Å². The molecule has 9 heteroatoms. The number of rotatable bonds is 10. The van der Waals surface area contributed by atoms with E-state index in [-0.39, 0.29) is 24.7 Å². The van der Waals surface area contributed by atoms with Gasteiger partial charge in [0.05, 0.1) is 16.3 Å². The van der Waals surface area contributed by atoms with E-state index in [1.807, 2.05) is 42.5 Å². The molecule has 2 N–H and O–H groups in total. The summed E-state index contributed by atoms with van der Waals surface area (Å²) in [6, 6.07) is 20.0. The van der Waals surface area contributed by atoms with Crippen molar-refractivity contribution >= 4 is 62.8 Å². The molecule has 0 saturated carbocycles. The Labute approximate surface area is 216 Å². The molecule has 0 heterocycles. The van der Waals surface area contributed by atoms with Crippen molar-refractivity contribution in [2.45, 2.75) is 25.9 Å². The summed E-state index contributed by atoms with van der Waals surface area (Å²) >= 11 is 15.3. The highest BCUT2D eigenvalue weighted by atomic mass is 79.9. The number of amides is 2. The van der Waals surface area contributed by atoms with Crippen molar-refractivity contribution in [3.05, 3.63) is 92.4 Å². The standard InChI is InChI=1S/C25H22BrCl2N3O3/c26-19-5-2-6-20(14-19)30-24(32)8-3-9-25(33)31-29-15-17-4-1-7-21(12-17)34-16-18-10-11-22(27)23(28)13-18/h1-2,4-7,10-15H,3,8-9,16H2,(H,30,32)(H,31,33)/b29-15-. The number of hydrogen-bond acceptors (Lipinski definition) is 4. The van der Waals surface area contributed by atoms with Crippen LogP contribution in [0.1, 0.15) is 30.4 Å². The van der Waals surface area contributed by atoms with Crippen LogP contribution in [0.4, 0.5) is 5.69 Å². The molecule has 0 aliphatic rings. The summed E-state index contributed by atoms with van der Waals surface area (Å²) in [6.07, 6.45) is 2.38. The number of carbonyl (C=O) groups excluding carboxylic acids is 2. The molecule has 3 rings (SSSR count). The first-order chi connectivity index (χ1) is 16.4. The molecule has 0 saturated heterocycles. The van der Waals surface area contributed by atoms with Crippen molar-refractivity contribution in [2.75, 3.05) is 5.32 Å². The fraction of sp³-hybridized carbons (Fsp3) is 0.160. The fourth-order valence-electron chi connectivity index (χ4n) is 2.91. The number of carbonyl (C=O) groups is 2. The van der Waals surface area contributed by atoms with Gasteiger partial charge in [0.25, 0.3) is 0 Å². The van der Waals surface area contributed by atoms with Crippen LogP contribution in [0.25, 0.3) is 0 Å². The van der Waals surface area contributed by atoms with E-state index >= 15 is 0 Å². The van der Waals surface area contributed by atoms with E-state index in [0.717, 1.165) is 15.6 Å². The number of nitrogens with zero attached hydrogens (tertiary/aromatic N) is 1. The van der Waals surface area contributed by atoms with Gasteiger partial charge in [-0.15, -0.1) is 0 Å². The predicted octanol–water partition coefficient (Wildman–Crippen LogP) is 6.59. The summed E-state index contributed by atoms with van der Waals surface area (Å²) in [7, 11) is 0. The maximum atomic E-state index is 12.0. The lowest BCUT2D eigenvalue weighted by Gasteiger charge is -2.08. The Kier molecular flexibility index (Phi) is 9.94. The molecule has 0 spiro atoms. The van der Waals surface area contributed by atoms with Crippen LogP contribution < -0.4 is 15.5 Å². The van der Waals surface area contributed by atoms with E-state index in [1.54, 1.807) is 24.3 Å². The summed E-state index contributed by atoms with van der Waals surface area (Å²) in [4.78, 5) is 24.0. The summed E-state index contributed by atoms with van der Waals surface area (Å²) in [5, 5.41) is 7.75. The van der Waals surface area contributed by atoms with Gasteiger partial charge in [-0.2, -0.15) is 5.10 Å². The zero-order valence-corrected chi connectivity index (χ0v) is 21.2. The Balaban J connectivity index is 1.39. The molecule has 0 aromatic heterocycles. The summed E-state index contributed by atoms with van der Waals surface area (Å²) in [6.45, 7) is 0.337. The van der Waals surface area contributed by atoms with Gasteiger partial charge in [0.2, 0.25) is 11.8 Å². The van der Waals surface area contributed by atoms with Gasteiger partial charge < -0.3 is 10.1 Å². The van der Waals surface area contributed by atoms with Crippen LogP contribution in [0, 0.1) is 0 Å². The Hall–Kier alpha value is -2.87. The highest BCUT2D eigenvalue weighted by Crippen LogP contribution is 2.23. The van der Waals surface area contributed by atoms with Crippen molar-refractivity contribution in [1.82, 2.24) is 5.43 Å². The third kappa shape index (κ3) is 8.82. The molecule has 0 bridgehead atoms. The predicted molar refractivity (Wildman–Crippen MR) is 140 cm³/mol. The molecule has 2 amide bonds. The van der Waals surface area contributed by atoms with Crippen molar-refractivity contribution < 1.29 is 14.3 Å². The minimum absolute atomic E-state index is 0.146. The Bertz CT molecular complexity index is 1190. The first-order valence-electron chi connectivity index (χ1n) is 10.4. The van der Waals surface area contributed by atoms with Crippen molar-refractivity contribution in [2.24, 2.45) is 5.10 Å². The quantitative estimate of drug-likeness (QED) is 0.216. The number of anilines is 1. The average Bonchev–Trinajstić information content (AvgIpc) is 2.80. The van der Waals surface area contributed by atoms with Gasteiger partial charge in [-0.05, 0) is 60.0 Å². The number of nitrogens with one attached hydrogen (secondary N) is 2. The number of hydrogen-bond donors (Lipinski definition) is 2. The molecule has 0 unspecified atom stereocenters. The lowest BCUT2D eigenvalue weighted by atomic mass is 10.2. The summed E-state index contributed by atoms with van der Waals surface area (Å²) in [5.74, 6) is 0.239. The second-order valence-electron chi connectivity index (χ2n) is 7.31. The van der Waals surface area contributed by atoms with Crippen molar-refractivity contribution in [1.29, 1.82) is 0 Å². The summed E-state index contributed by atoms with van der Waals surface area (Å²) < 4.78 is 6.67. The first kappa shape index (κ1) is 25.7. The fourth-order valence-corrected chi connectivity index (χ4v) is 3.63. The van der Waals surface area contributed by atoms with Crippen LogP contribution >= 0.6 is 39.1 Å². The molecule has 6 nitrogen and oxygen atoms in total. The number of benzene rings is 3. The van der Waals surface area contributed by atoms with E-state index in [9.17, 15) is 9.59 Å². The van der Waals surface area contributed by atoms with Crippen LogP contribution in [-0.2, 0) is 16.2 Å². The zero-order valence-electron chi connectivity index (χ0n) is 18.1. The number of hydrazone groups is 1. The van der Waals surface area contributed by atoms with E-state index in [4.69, 9.17) is 27.9 Å². The van der Waals surface area contributed by atoms with Gasteiger partial charge >= 0.3 is 0 Å². The van der Waals surface area contributed by atoms with Gasteiger partial charge in [0.1, 0.15) is 12.4 Å². The molecule has 34 heavy (non-hydrogen) atoms. The minimum atomic E-state index is -0.265. The minimum Gasteiger partial charge on any atom is -0.489 e. The van der Waals surface area contributed by atoms with Crippen LogP contribution in [0.5, 0.6) is 5.75 Å². The highest BCUT2D eigenvalue weighted by molar-refractivity contribution is 9.10. The molecule has 3 aromatic carbocycles. The molecular formula is C25H22BrCl2N3O3. The third-order valence-electron chi connectivity index (χ3n) is 4.57. The second-order valence-corrected chi connectivity index (χ2v) is 9.04. The molecule has 0 aliphatic carbocycles. The van der Waals surface area contributed by atoms with Gasteiger partial charge in [0, 0.05) is 23.0 Å². The van der Waals surface area contributed by atoms with Crippen molar-refractivity contribution in [3.8, 4) is 5.75 Å². The average molecular weight is 563 g/mol. The first-order valence-corrected chi connectivity index (χ1v) is 12.0. The lowest BCUT2D eigenvalue weighted by molar-refractivity contribution is -0.121. The van der Waals surface area contributed by atoms with Crippen LogP contribution in [0.15, 0.2) is 76.3 Å². The molecular weight excluding hydrogens is 541 g/mol. The number of ether oxygens (including phenoxy) is 1. The number of halogens is 3.